The summed E-state index contributed by atoms with van der Waals surface area (Å²) in [5.74, 6) is 0. The third-order valence-electron chi connectivity index (χ3n) is 6.29. The van der Waals surface area contributed by atoms with E-state index in [2.05, 4.69) is 15.9 Å². The van der Waals surface area contributed by atoms with Crippen LogP contribution in [0.1, 0.15) is 23.0 Å². The molecule has 0 bridgehead atoms. The van der Waals surface area contributed by atoms with Crippen LogP contribution in [0.5, 0.6) is 0 Å². The van der Waals surface area contributed by atoms with Gasteiger partial charge in [0.1, 0.15) is 24.4 Å². The van der Waals surface area contributed by atoms with Gasteiger partial charge in [-0.2, -0.15) is 0 Å². The van der Waals surface area contributed by atoms with Crippen LogP contribution in [0.2, 0.25) is 0 Å². The van der Waals surface area contributed by atoms with Gasteiger partial charge in [-0.25, -0.2) is 0 Å². The highest BCUT2D eigenvalue weighted by atomic mass is 79.9. The van der Waals surface area contributed by atoms with Gasteiger partial charge in [-0.1, -0.05) is 107 Å². The quantitative estimate of drug-likeness (QED) is 0.312. The molecule has 2 fully saturated rings. The fourth-order valence-corrected chi connectivity index (χ4v) is 4.71. The Morgan fingerprint density at radius 2 is 1.28 bits per heavy atom. The van der Waals surface area contributed by atoms with Crippen molar-refractivity contribution in [3.05, 3.63) is 108 Å². The molecule has 1 unspecified atom stereocenters. The number of fused-ring (bicyclic) bond motifs is 1. The van der Waals surface area contributed by atoms with Gasteiger partial charge < -0.3 is 28.4 Å². The van der Waals surface area contributed by atoms with E-state index in [1.165, 1.54) is 0 Å². The third kappa shape index (κ3) is 6.42. The molecule has 0 N–H and O–H groups in total. The maximum absolute atomic E-state index is 6.56. The van der Waals surface area contributed by atoms with Crippen molar-refractivity contribution in [1.82, 2.24) is 0 Å². The van der Waals surface area contributed by atoms with Crippen molar-refractivity contribution in [3.63, 3.8) is 0 Å². The molecule has 2 aliphatic heterocycles. The molecule has 0 spiro atoms. The molecule has 36 heavy (non-hydrogen) atoms. The minimum atomic E-state index is -0.617. The summed E-state index contributed by atoms with van der Waals surface area (Å²) in [6.45, 7) is 1.68. The van der Waals surface area contributed by atoms with Crippen molar-refractivity contribution in [2.24, 2.45) is 0 Å². The summed E-state index contributed by atoms with van der Waals surface area (Å²) >= 11 is 3.45. The Morgan fingerprint density at radius 3 is 1.89 bits per heavy atom. The van der Waals surface area contributed by atoms with Gasteiger partial charge in [0.15, 0.2) is 12.6 Å². The Kier molecular flexibility index (Phi) is 9.17. The van der Waals surface area contributed by atoms with E-state index in [4.69, 9.17) is 28.4 Å². The molecule has 3 aromatic rings. The lowest BCUT2D eigenvalue weighted by atomic mass is 9.97. The molecule has 0 aromatic heterocycles. The molecule has 6 atom stereocenters. The average Bonchev–Trinajstić information content (AvgIpc) is 2.95. The largest absolute Gasteiger partial charge is 0.368 e. The van der Waals surface area contributed by atoms with E-state index in [1.54, 1.807) is 0 Å². The number of ether oxygens (including phenoxy) is 6. The van der Waals surface area contributed by atoms with E-state index >= 15 is 0 Å². The van der Waals surface area contributed by atoms with E-state index in [-0.39, 0.29) is 6.10 Å². The molecule has 0 radical (unpaired) electrons. The average molecular weight is 555 g/mol. The monoisotopic (exact) mass is 554 g/mol. The van der Waals surface area contributed by atoms with E-state index in [9.17, 15) is 0 Å². The van der Waals surface area contributed by atoms with Gasteiger partial charge >= 0.3 is 0 Å². The molecule has 0 amide bonds. The van der Waals surface area contributed by atoms with Gasteiger partial charge in [0.05, 0.1) is 26.4 Å². The van der Waals surface area contributed by atoms with Gasteiger partial charge in [0, 0.05) is 10.9 Å². The number of rotatable bonds is 10. The van der Waals surface area contributed by atoms with Gasteiger partial charge in [-0.15, -0.1) is 0 Å². The first-order chi connectivity index (χ1) is 17.8. The highest BCUT2D eigenvalue weighted by molar-refractivity contribution is 9.09. The maximum atomic E-state index is 6.56. The van der Waals surface area contributed by atoms with Crippen molar-refractivity contribution in [3.8, 4) is 0 Å². The summed E-state index contributed by atoms with van der Waals surface area (Å²) in [4.78, 5) is 0. The Hall–Kier alpha value is -2.10. The molecule has 3 aromatic carbocycles. The molecular weight excluding hydrogens is 524 g/mol. The number of halogens is 1. The number of alkyl halides is 1. The Labute approximate surface area is 220 Å². The Balaban J connectivity index is 1.40. The predicted octanol–water partition coefficient (Wildman–Crippen LogP) is 5.41. The fraction of sp³-hybridized carbons (Fsp3) is 0.379. The zero-order valence-electron chi connectivity index (χ0n) is 20.0. The van der Waals surface area contributed by atoms with Gasteiger partial charge in [-0.05, 0) is 11.1 Å². The van der Waals surface area contributed by atoms with Crippen molar-refractivity contribution < 1.29 is 28.4 Å². The lowest BCUT2D eigenvalue weighted by Crippen LogP contribution is -2.63. The first-order valence-corrected chi connectivity index (χ1v) is 13.4. The van der Waals surface area contributed by atoms with Crippen molar-refractivity contribution in [2.75, 3.05) is 18.5 Å². The summed E-state index contributed by atoms with van der Waals surface area (Å²) in [5.41, 5.74) is 3.10. The van der Waals surface area contributed by atoms with Crippen LogP contribution in [0, 0.1) is 0 Å². The minimum Gasteiger partial charge on any atom is -0.368 e. The van der Waals surface area contributed by atoms with Crippen LogP contribution < -0.4 is 0 Å². The van der Waals surface area contributed by atoms with Crippen molar-refractivity contribution >= 4 is 15.9 Å². The van der Waals surface area contributed by atoms with Crippen LogP contribution in [-0.2, 0) is 41.6 Å². The summed E-state index contributed by atoms with van der Waals surface area (Å²) in [5, 5.41) is 0.685. The zero-order valence-corrected chi connectivity index (χ0v) is 21.6. The second-order valence-corrected chi connectivity index (χ2v) is 9.59. The van der Waals surface area contributed by atoms with Crippen LogP contribution in [0.4, 0.5) is 0 Å². The molecule has 7 heteroatoms. The minimum absolute atomic E-state index is 0.345. The Bertz CT molecular complexity index is 1040. The topological polar surface area (TPSA) is 55.4 Å². The van der Waals surface area contributed by atoms with Gasteiger partial charge in [0.2, 0.25) is 0 Å². The smallest absolute Gasteiger partial charge is 0.186 e. The molecule has 6 nitrogen and oxygen atoms in total. The number of hydrogen-bond acceptors (Lipinski definition) is 6. The molecule has 0 saturated carbocycles. The van der Waals surface area contributed by atoms with Crippen LogP contribution in [0.15, 0.2) is 91.0 Å². The first kappa shape index (κ1) is 25.5. The molecular formula is C29H31BrO6. The number of hydrogen-bond donors (Lipinski definition) is 0. The van der Waals surface area contributed by atoms with Crippen molar-refractivity contribution in [1.29, 1.82) is 0 Å². The summed E-state index contributed by atoms with van der Waals surface area (Å²) < 4.78 is 38.0. The van der Waals surface area contributed by atoms with Crippen molar-refractivity contribution in [2.45, 2.75) is 50.2 Å². The molecule has 2 heterocycles. The lowest BCUT2D eigenvalue weighted by molar-refractivity contribution is -0.371. The van der Waals surface area contributed by atoms with Gasteiger partial charge in [0.25, 0.3) is 0 Å². The fourth-order valence-electron chi connectivity index (χ4n) is 4.52. The second-order valence-electron chi connectivity index (χ2n) is 8.80. The van der Waals surface area contributed by atoms with Crippen LogP contribution in [0.25, 0.3) is 0 Å². The number of benzene rings is 3. The zero-order chi connectivity index (χ0) is 24.6. The van der Waals surface area contributed by atoms with E-state index in [1.807, 2.05) is 91.0 Å². The maximum Gasteiger partial charge on any atom is 0.186 e. The summed E-state index contributed by atoms with van der Waals surface area (Å²) in [6.07, 6.45) is -2.78. The van der Waals surface area contributed by atoms with Gasteiger partial charge in [-0.3, -0.25) is 0 Å². The molecule has 190 valence electrons. The molecule has 2 aliphatic rings. The molecule has 0 aliphatic carbocycles. The lowest BCUT2D eigenvalue weighted by Gasteiger charge is -2.49. The molecule has 2 saturated heterocycles. The normalized spacial score (nSPS) is 27.9. The third-order valence-corrected chi connectivity index (χ3v) is 6.61. The van der Waals surface area contributed by atoms with E-state index < -0.39 is 30.9 Å². The van der Waals surface area contributed by atoms with Crippen LogP contribution >= 0.6 is 15.9 Å². The SMILES string of the molecule is BrCCO[C@@H]1O[C@@H]2COC(c3ccccc3)O[C@H]2[C@H](OCc2ccccc2)[C@H]1OCc1ccccc1. The summed E-state index contributed by atoms with van der Waals surface area (Å²) in [7, 11) is 0. The highest BCUT2D eigenvalue weighted by Crippen LogP contribution is 2.37. The molecule has 5 rings (SSSR count). The second kappa shape index (κ2) is 12.9. The van der Waals surface area contributed by atoms with Crippen LogP contribution in [0.3, 0.4) is 0 Å². The first-order valence-electron chi connectivity index (χ1n) is 12.3. The highest BCUT2D eigenvalue weighted by Gasteiger charge is 2.51. The van der Waals surface area contributed by atoms with E-state index in [0.29, 0.717) is 31.8 Å². The van der Waals surface area contributed by atoms with Crippen LogP contribution in [-0.4, -0.2) is 49.2 Å². The standard InChI is InChI=1S/C29H31BrO6/c30-16-17-31-29-27(33-19-22-12-6-2-7-13-22)26(32-18-21-10-4-1-5-11-21)25-24(35-29)20-34-28(36-25)23-14-8-3-9-15-23/h1-15,24-29H,16-20H2/t24-,25-,26+,27-,28?,29-/m1/s1. The van der Waals surface area contributed by atoms with E-state index in [0.717, 1.165) is 16.7 Å². The predicted molar refractivity (Wildman–Crippen MR) is 138 cm³/mol. The Morgan fingerprint density at radius 1 is 0.694 bits per heavy atom. The summed E-state index contributed by atoms with van der Waals surface area (Å²) in [6, 6.07) is 30.1.